The van der Waals surface area contributed by atoms with Crippen molar-refractivity contribution < 1.29 is 23.7 Å². The minimum absolute atomic E-state index is 0.384. The van der Waals surface area contributed by atoms with Gasteiger partial charge in [-0.15, -0.1) is 5.53 Å². The fourth-order valence-corrected chi connectivity index (χ4v) is 4.48. The van der Waals surface area contributed by atoms with Crippen LogP contribution in [0, 0.1) is 0 Å². The number of benzene rings is 3. The van der Waals surface area contributed by atoms with Crippen LogP contribution < -0.4 is 25.8 Å². The maximum Gasteiger partial charge on any atom is 0.163 e. The van der Waals surface area contributed by atoms with Gasteiger partial charge in [-0.25, -0.2) is 9.97 Å². The van der Waals surface area contributed by atoms with Crippen LogP contribution in [0.2, 0.25) is 0 Å². The van der Waals surface area contributed by atoms with Crippen LogP contribution in [0.4, 0.5) is 11.5 Å². The van der Waals surface area contributed by atoms with Crippen LogP contribution in [0.5, 0.6) is 11.5 Å². The number of aromatic nitrogens is 2. The highest BCUT2D eigenvalue weighted by atomic mass is 16.5. The Labute approximate surface area is 251 Å². The average molecular weight is 587 g/mol. The van der Waals surface area contributed by atoms with Gasteiger partial charge in [-0.1, -0.05) is 42.5 Å². The first-order valence-corrected chi connectivity index (χ1v) is 14.2. The number of fused-ring (bicyclic) bond motifs is 1. The third-order valence-electron chi connectivity index (χ3n) is 6.65. The van der Waals surface area contributed by atoms with Crippen molar-refractivity contribution in [2.75, 3.05) is 59.1 Å². The second-order valence-electron chi connectivity index (χ2n) is 9.79. The van der Waals surface area contributed by atoms with E-state index in [2.05, 4.69) is 56.7 Å². The van der Waals surface area contributed by atoms with Gasteiger partial charge in [-0.2, -0.15) is 0 Å². The number of methoxy groups -OCH3 is 2. The van der Waals surface area contributed by atoms with Crippen molar-refractivity contribution in [1.29, 1.82) is 0 Å². The van der Waals surface area contributed by atoms with E-state index in [-0.39, 0.29) is 0 Å². The number of nitrogens with one attached hydrogen (secondary N) is 3. The van der Waals surface area contributed by atoms with Gasteiger partial charge in [0.2, 0.25) is 0 Å². The maximum absolute atomic E-state index is 5.97. The van der Waals surface area contributed by atoms with Crippen LogP contribution in [-0.2, 0) is 20.8 Å². The number of ether oxygens (including phenoxy) is 5. The highest BCUT2D eigenvalue weighted by molar-refractivity contribution is 5.93. The van der Waals surface area contributed by atoms with Crippen molar-refractivity contribution >= 4 is 28.1 Å². The molecule has 226 valence electrons. The van der Waals surface area contributed by atoms with Gasteiger partial charge in [-0.3, -0.25) is 5.01 Å². The largest absolute Gasteiger partial charge is 0.487 e. The van der Waals surface area contributed by atoms with Crippen LogP contribution >= 0.6 is 0 Å². The average Bonchev–Trinajstić information content (AvgIpc) is 3.51. The van der Waals surface area contributed by atoms with E-state index in [0.717, 1.165) is 40.8 Å². The lowest BCUT2D eigenvalue weighted by Crippen LogP contribution is -2.37. The van der Waals surface area contributed by atoms with Crippen molar-refractivity contribution in [1.82, 2.24) is 25.9 Å². The molecular weight excluding hydrogens is 548 g/mol. The molecule has 0 unspecified atom stereocenters. The van der Waals surface area contributed by atoms with Crippen LogP contribution in [-0.4, -0.2) is 68.8 Å². The van der Waals surface area contributed by atoms with Gasteiger partial charge in [0.25, 0.3) is 0 Å². The molecule has 3 N–H and O–H groups in total. The summed E-state index contributed by atoms with van der Waals surface area (Å²) in [5, 5.41) is 6.28. The second kappa shape index (κ2) is 15.7. The molecule has 0 atom stereocenters. The highest BCUT2D eigenvalue weighted by Gasteiger charge is 2.15. The summed E-state index contributed by atoms with van der Waals surface area (Å²) >= 11 is 0. The first kappa shape index (κ1) is 30.1. The molecule has 0 bridgehead atoms. The Morgan fingerprint density at radius 3 is 2.40 bits per heavy atom. The van der Waals surface area contributed by atoms with Crippen molar-refractivity contribution in [3.05, 3.63) is 90.4 Å². The quantitative estimate of drug-likeness (QED) is 0.150. The SMILES string of the molecule is COCCOc1cc2ncnc(Nc3cccc(C4=CN(CCCOCc5ccccc5)NN4)c3)c2cc1OCCOC. The molecule has 0 aliphatic carbocycles. The van der Waals surface area contributed by atoms with Crippen LogP contribution in [0.3, 0.4) is 0 Å². The summed E-state index contributed by atoms with van der Waals surface area (Å²) in [6.07, 6.45) is 4.49. The van der Waals surface area contributed by atoms with Crippen molar-refractivity contribution in [3.8, 4) is 11.5 Å². The van der Waals surface area contributed by atoms with E-state index in [0.29, 0.717) is 57.0 Å². The molecule has 11 nitrogen and oxygen atoms in total. The molecule has 1 aliphatic rings. The van der Waals surface area contributed by atoms with Crippen LogP contribution in [0.1, 0.15) is 17.5 Å². The summed E-state index contributed by atoms with van der Waals surface area (Å²) in [4.78, 5) is 8.99. The number of nitrogens with zero attached hydrogens (tertiary/aromatic N) is 3. The molecular formula is C32H38N6O5. The molecule has 0 spiro atoms. The molecule has 43 heavy (non-hydrogen) atoms. The minimum Gasteiger partial charge on any atom is -0.487 e. The van der Waals surface area contributed by atoms with E-state index in [1.54, 1.807) is 14.2 Å². The van der Waals surface area contributed by atoms with Crippen molar-refractivity contribution in [3.63, 3.8) is 0 Å². The first-order chi connectivity index (χ1) is 21.2. The van der Waals surface area contributed by atoms with E-state index in [1.165, 1.54) is 11.9 Å². The zero-order valence-corrected chi connectivity index (χ0v) is 24.5. The normalized spacial score (nSPS) is 12.7. The molecule has 1 aromatic heterocycles. The number of hydrogen-bond donors (Lipinski definition) is 3. The monoisotopic (exact) mass is 586 g/mol. The number of hydrazine groups is 2. The fourth-order valence-electron chi connectivity index (χ4n) is 4.48. The number of hydrogen-bond acceptors (Lipinski definition) is 11. The molecule has 3 aromatic carbocycles. The zero-order valence-electron chi connectivity index (χ0n) is 24.5. The zero-order chi connectivity index (χ0) is 29.7. The van der Waals surface area contributed by atoms with E-state index in [9.17, 15) is 0 Å². The lowest BCUT2D eigenvalue weighted by Gasteiger charge is -2.15. The molecule has 1 aliphatic heterocycles. The summed E-state index contributed by atoms with van der Waals surface area (Å²) in [6, 6.07) is 22.1. The summed E-state index contributed by atoms with van der Waals surface area (Å²) in [5.74, 6) is 1.83. The van der Waals surface area contributed by atoms with E-state index < -0.39 is 0 Å². The Morgan fingerprint density at radius 1 is 0.814 bits per heavy atom. The standard InChI is InChI=1S/C32H38N6O5/c1-39-14-16-42-30-19-27-28(20-31(30)43-17-15-40-2)33-23-34-32(27)35-26-11-6-10-25(18-26)29-21-38(37-36-29)12-7-13-41-22-24-8-4-3-5-9-24/h3-6,8-11,18-21,23,36-37H,7,12-17,22H2,1-2H3,(H,33,34,35). The Hall–Kier alpha value is -4.42. The maximum atomic E-state index is 5.97. The predicted octanol–water partition coefficient (Wildman–Crippen LogP) is 4.65. The van der Waals surface area contributed by atoms with E-state index in [4.69, 9.17) is 23.7 Å². The van der Waals surface area contributed by atoms with E-state index in [1.807, 2.05) is 47.5 Å². The van der Waals surface area contributed by atoms with Gasteiger partial charge in [0.15, 0.2) is 11.5 Å². The summed E-state index contributed by atoms with van der Waals surface area (Å²) < 4.78 is 28.0. The second-order valence-corrected chi connectivity index (χ2v) is 9.79. The third kappa shape index (κ3) is 8.55. The first-order valence-electron chi connectivity index (χ1n) is 14.2. The molecule has 2 heterocycles. The van der Waals surface area contributed by atoms with Crippen molar-refractivity contribution in [2.24, 2.45) is 0 Å². The third-order valence-corrected chi connectivity index (χ3v) is 6.65. The smallest absolute Gasteiger partial charge is 0.163 e. The van der Waals surface area contributed by atoms with Gasteiger partial charge < -0.3 is 34.4 Å². The molecule has 0 amide bonds. The van der Waals surface area contributed by atoms with Gasteiger partial charge in [0.05, 0.1) is 31.0 Å². The summed E-state index contributed by atoms with van der Waals surface area (Å²) in [5.41, 5.74) is 11.3. The topological polar surface area (TPSA) is 111 Å². The molecule has 0 radical (unpaired) electrons. The Bertz CT molecular complexity index is 1490. The Balaban J connectivity index is 1.23. The fraction of sp³-hybridized carbons (Fsp3) is 0.312. The molecule has 0 saturated carbocycles. The molecule has 11 heteroatoms. The van der Waals surface area contributed by atoms with Crippen molar-refractivity contribution in [2.45, 2.75) is 13.0 Å². The van der Waals surface area contributed by atoms with Crippen LogP contribution in [0.15, 0.2) is 79.3 Å². The minimum atomic E-state index is 0.384. The van der Waals surface area contributed by atoms with E-state index >= 15 is 0 Å². The Kier molecular flexibility index (Phi) is 11.0. The molecule has 0 saturated heterocycles. The lowest BCUT2D eigenvalue weighted by atomic mass is 10.1. The van der Waals surface area contributed by atoms with Gasteiger partial charge >= 0.3 is 0 Å². The van der Waals surface area contributed by atoms with Gasteiger partial charge in [0.1, 0.15) is 25.4 Å². The van der Waals surface area contributed by atoms with Gasteiger partial charge in [0, 0.05) is 56.3 Å². The number of rotatable bonds is 17. The Morgan fingerprint density at radius 2 is 1.60 bits per heavy atom. The number of anilines is 2. The molecule has 4 aromatic rings. The van der Waals surface area contributed by atoms with Crippen LogP contribution in [0.25, 0.3) is 16.6 Å². The predicted molar refractivity (Wildman–Crippen MR) is 166 cm³/mol. The highest BCUT2D eigenvalue weighted by Crippen LogP contribution is 2.35. The summed E-state index contributed by atoms with van der Waals surface area (Å²) in [6.45, 7) is 3.81. The lowest BCUT2D eigenvalue weighted by molar-refractivity contribution is 0.108. The summed E-state index contributed by atoms with van der Waals surface area (Å²) in [7, 11) is 3.27. The molecule has 5 rings (SSSR count). The van der Waals surface area contributed by atoms with Gasteiger partial charge in [-0.05, 0) is 30.2 Å². The molecule has 0 fully saturated rings.